The van der Waals surface area contributed by atoms with Crippen molar-refractivity contribution in [2.45, 2.75) is 35.7 Å². The molecule has 0 unspecified atom stereocenters. The zero-order valence-electron chi connectivity index (χ0n) is 17.0. The molecule has 1 saturated heterocycles. The molecule has 2 N–H and O–H groups in total. The molecule has 2 fully saturated rings. The number of thioether (sulfide) groups is 1. The molecule has 5 rings (SSSR count). The first-order valence-electron chi connectivity index (χ1n) is 10.4. The van der Waals surface area contributed by atoms with E-state index in [2.05, 4.69) is 15.5 Å². The second-order valence-electron chi connectivity index (χ2n) is 8.21. The Morgan fingerprint density at radius 1 is 1.00 bits per heavy atom. The maximum absolute atomic E-state index is 12.4. The summed E-state index contributed by atoms with van der Waals surface area (Å²) in [7, 11) is 0. The topological polar surface area (TPSA) is 57.3 Å². The Morgan fingerprint density at radius 3 is 2.44 bits per heavy atom. The van der Waals surface area contributed by atoms with Gasteiger partial charge >= 0.3 is 11.5 Å². The smallest absolute Gasteiger partial charge is 0.353 e. The van der Waals surface area contributed by atoms with E-state index in [1.54, 1.807) is 6.07 Å². The molecule has 3 aromatic rings. The lowest BCUT2D eigenvalue weighted by Gasteiger charge is -2.28. The number of amides is 2. The van der Waals surface area contributed by atoms with Gasteiger partial charge in [0.1, 0.15) is 5.82 Å². The van der Waals surface area contributed by atoms with E-state index in [9.17, 15) is 18.0 Å². The number of rotatable bonds is 4. The van der Waals surface area contributed by atoms with Gasteiger partial charge in [0.2, 0.25) is 0 Å². The Balaban J connectivity index is 1.23. The summed E-state index contributed by atoms with van der Waals surface area (Å²) in [6, 6.07) is 15.2. The highest BCUT2D eigenvalue weighted by Gasteiger charge is 2.38. The molecule has 0 radical (unpaired) electrons. The molecule has 2 aromatic carbocycles. The van der Waals surface area contributed by atoms with E-state index in [0.717, 1.165) is 29.2 Å². The molecule has 2 bridgehead atoms. The Morgan fingerprint density at radius 2 is 1.75 bits per heavy atom. The van der Waals surface area contributed by atoms with Crippen molar-refractivity contribution in [2.75, 3.05) is 22.1 Å². The average Bonchev–Trinajstić information content (AvgIpc) is 3.37. The molecule has 1 aliphatic heterocycles. The van der Waals surface area contributed by atoms with Crippen molar-refractivity contribution in [3.63, 3.8) is 0 Å². The van der Waals surface area contributed by atoms with Crippen molar-refractivity contribution in [1.82, 2.24) is 4.98 Å². The van der Waals surface area contributed by atoms with Crippen LogP contribution in [0.1, 0.15) is 19.3 Å². The number of carbonyl (C=O) groups excluding carboxylic acids is 1. The van der Waals surface area contributed by atoms with E-state index >= 15 is 0 Å². The number of benzene rings is 2. The quantitative estimate of drug-likeness (QED) is 0.440. The van der Waals surface area contributed by atoms with Crippen molar-refractivity contribution in [3.8, 4) is 0 Å². The Kier molecular flexibility index (Phi) is 5.36. The van der Waals surface area contributed by atoms with Gasteiger partial charge in [-0.2, -0.15) is 13.2 Å². The van der Waals surface area contributed by atoms with Crippen LogP contribution in [0.4, 0.5) is 35.2 Å². The van der Waals surface area contributed by atoms with Crippen LogP contribution in [0.15, 0.2) is 59.5 Å². The Bertz CT molecular complexity index is 1150. The molecule has 166 valence electrons. The lowest BCUT2D eigenvalue weighted by Crippen LogP contribution is -2.32. The van der Waals surface area contributed by atoms with Crippen molar-refractivity contribution in [2.24, 2.45) is 5.92 Å². The van der Waals surface area contributed by atoms with E-state index in [4.69, 9.17) is 4.98 Å². The summed E-state index contributed by atoms with van der Waals surface area (Å²) in [6.45, 7) is 1.08. The van der Waals surface area contributed by atoms with E-state index < -0.39 is 11.5 Å². The predicted molar refractivity (Wildman–Crippen MR) is 121 cm³/mol. The lowest BCUT2D eigenvalue weighted by molar-refractivity contribution is -0.0328. The monoisotopic (exact) mass is 458 g/mol. The van der Waals surface area contributed by atoms with Crippen LogP contribution in [-0.2, 0) is 0 Å². The zero-order valence-corrected chi connectivity index (χ0v) is 17.8. The lowest BCUT2D eigenvalue weighted by atomic mass is 10.1. The van der Waals surface area contributed by atoms with Crippen LogP contribution < -0.4 is 15.5 Å². The molecule has 0 spiro atoms. The zero-order chi connectivity index (χ0) is 22.3. The molecule has 2 aliphatic rings. The Labute approximate surface area is 187 Å². The second kappa shape index (κ2) is 8.20. The first kappa shape index (κ1) is 20.9. The first-order valence-corrected chi connectivity index (χ1v) is 11.3. The molecule has 1 saturated carbocycles. The van der Waals surface area contributed by atoms with Crippen LogP contribution in [0, 0.1) is 5.92 Å². The summed E-state index contributed by atoms with van der Waals surface area (Å²) in [4.78, 5) is 19.6. The van der Waals surface area contributed by atoms with Gasteiger partial charge < -0.3 is 15.5 Å². The van der Waals surface area contributed by atoms with Gasteiger partial charge in [-0.3, -0.25) is 0 Å². The molecular weight excluding hydrogens is 437 g/mol. The molecule has 1 aliphatic carbocycles. The molecular formula is C23H21F3N4OS. The van der Waals surface area contributed by atoms with E-state index in [0.29, 0.717) is 17.4 Å². The fourth-order valence-corrected chi connectivity index (χ4v) is 5.13. The predicted octanol–water partition coefficient (Wildman–Crippen LogP) is 6.48. The second-order valence-corrected chi connectivity index (χ2v) is 9.35. The van der Waals surface area contributed by atoms with Crippen LogP contribution in [0.25, 0.3) is 10.9 Å². The molecule has 32 heavy (non-hydrogen) atoms. The molecule has 2 amide bonds. The summed E-state index contributed by atoms with van der Waals surface area (Å²) in [5, 5.41) is 6.30. The van der Waals surface area contributed by atoms with Crippen molar-refractivity contribution < 1.29 is 18.0 Å². The number of fused-ring (bicyclic) bond motifs is 3. The SMILES string of the molecule is O=C(Nc1ccc(SC(F)(F)F)cc1)Nc1ccc2nc(N3C[C@H]4CC[C@H]3C4)ccc2c1. The summed E-state index contributed by atoms with van der Waals surface area (Å²) in [6.07, 6.45) is 3.83. The fourth-order valence-electron chi connectivity index (χ4n) is 4.59. The van der Waals surface area contributed by atoms with Crippen LogP contribution >= 0.6 is 11.8 Å². The van der Waals surface area contributed by atoms with Gasteiger partial charge in [-0.05, 0) is 91.5 Å². The number of pyridine rings is 1. The maximum Gasteiger partial charge on any atom is 0.446 e. The van der Waals surface area contributed by atoms with Crippen LogP contribution in [-0.4, -0.2) is 29.1 Å². The van der Waals surface area contributed by atoms with Gasteiger partial charge in [-0.15, -0.1) is 0 Å². The summed E-state index contributed by atoms with van der Waals surface area (Å²) in [5.41, 5.74) is -2.46. The molecule has 1 aromatic heterocycles. The molecule has 2 heterocycles. The number of nitrogens with one attached hydrogen (secondary N) is 2. The minimum absolute atomic E-state index is 0.0617. The minimum Gasteiger partial charge on any atom is -0.353 e. The Hall–Kier alpha value is -2.94. The van der Waals surface area contributed by atoms with Crippen molar-refractivity contribution in [3.05, 3.63) is 54.6 Å². The number of aromatic nitrogens is 1. The van der Waals surface area contributed by atoms with Crippen LogP contribution in [0.2, 0.25) is 0 Å². The third-order valence-electron chi connectivity index (χ3n) is 5.98. The number of nitrogens with zero attached hydrogens (tertiary/aromatic N) is 2. The standard InChI is InChI=1S/C23H21F3N4OS/c24-23(25,26)32-19-7-3-16(4-8-19)27-22(31)28-17-5-9-20-15(12-17)2-10-21(29-20)30-13-14-1-6-18(30)11-14/h2-5,7-10,12,14,18H,1,6,11,13H2,(H2,27,28,31)/t14-,18-/m0/s1. The van der Waals surface area contributed by atoms with Gasteiger partial charge in [0.05, 0.1) is 5.52 Å². The number of urea groups is 1. The number of hydrogen-bond acceptors (Lipinski definition) is 4. The largest absolute Gasteiger partial charge is 0.446 e. The average molecular weight is 459 g/mol. The number of hydrogen-bond donors (Lipinski definition) is 2. The highest BCUT2D eigenvalue weighted by molar-refractivity contribution is 8.00. The summed E-state index contributed by atoms with van der Waals surface area (Å²) in [5.74, 6) is 1.80. The number of alkyl halides is 3. The van der Waals surface area contributed by atoms with Crippen LogP contribution in [0.3, 0.4) is 0 Å². The van der Waals surface area contributed by atoms with Crippen molar-refractivity contribution >= 4 is 45.9 Å². The summed E-state index contributed by atoms with van der Waals surface area (Å²) < 4.78 is 37.3. The van der Waals surface area contributed by atoms with Crippen LogP contribution in [0.5, 0.6) is 0 Å². The molecule has 2 atom stereocenters. The number of anilines is 3. The van der Waals surface area contributed by atoms with E-state index in [-0.39, 0.29) is 16.7 Å². The molecule has 9 heteroatoms. The highest BCUT2D eigenvalue weighted by Crippen LogP contribution is 2.40. The van der Waals surface area contributed by atoms with Gasteiger partial charge in [0, 0.05) is 34.2 Å². The maximum atomic E-state index is 12.4. The summed E-state index contributed by atoms with van der Waals surface area (Å²) >= 11 is -0.193. The number of carbonyl (C=O) groups is 1. The van der Waals surface area contributed by atoms with Crippen molar-refractivity contribution in [1.29, 1.82) is 0 Å². The first-order chi connectivity index (χ1) is 15.3. The van der Waals surface area contributed by atoms with E-state index in [1.165, 1.54) is 43.5 Å². The fraction of sp³-hybridized carbons (Fsp3) is 0.304. The van der Waals surface area contributed by atoms with E-state index in [1.807, 2.05) is 24.3 Å². The minimum atomic E-state index is -4.34. The normalized spacial score (nSPS) is 20.0. The third kappa shape index (κ3) is 4.62. The highest BCUT2D eigenvalue weighted by atomic mass is 32.2. The van der Waals surface area contributed by atoms with Gasteiger partial charge in [0.25, 0.3) is 0 Å². The molecule has 5 nitrogen and oxygen atoms in total. The third-order valence-corrected chi connectivity index (χ3v) is 6.72. The van der Waals surface area contributed by atoms with Gasteiger partial charge in [-0.25, -0.2) is 9.78 Å². The van der Waals surface area contributed by atoms with Gasteiger partial charge in [0.15, 0.2) is 0 Å². The number of halogens is 3. The number of piperidine rings is 1. The van der Waals surface area contributed by atoms with Gasteiger partial charge in [-0.1, -0.05) is 0 Å².